The third kappa shape index (κ3) is 3.71. The van der Waals surface area contributed by atoms with Crippen molar-refractivity contribution in [2.75, 3.05) is 5.32 Å². The van der Waals surface area contributed by atoms with Crippen LogP contribution in [0.4, 0.5) is 14.5 Å². The highest BCUT2D eigenvalue weighted by atomic mass is 19.1. The maximum absolute atomic E-state index is 13.8. The predicted octanol–water partition coefficient (Wildman–Crippen LogP) is 5.50. The fraction of sp³-hybridized carbons (Fsp3) is 0.136. The van der Waals surface area contributed by atoms with Gasteiger partial charge in [-0.3, -0.25) is 10.4 Å². The van der Waals surface area contributed by atoms with Gasteiger partial charge in [0.15, 0.2) is 23.2 Å². The van der Waals surface area contributed by atoms with Gasteiger partial charge in [-0.1, -0.05) is 0 Å². The summed E-state index contributed by atoms with van der Waals surface area (Å²) in [5, 5.41) is 10.9. The zero-order valence-electron chi connectivity index (χ0n) is 16.4. The summed E-state index contributed by atoms with van der Waals surface area (Å²) < 4.78 is 35.0. The Kier molecular flexibility index (Phi) is 5.14. The van der Waals surface area contributed by atoms with Crippen molar-refractivity contribution < 1.29 is 13.2 Å². The van der Waals surface area contributed by atoms with Gasteiger partial charge in [-0.2, -0.15) is 0 Å². The first kappa shape index (κ1) is 19.5. The highest BCUT2D eigenvalue weighted by molar-refractivity contribution is 6.04. The minimum atomic E-state index is -0.564. The molecule has 0 aliphatic carbocycles. The van der Waals surface area contributed by atoms with Crippen LogP contribution in [0.1, 0.15) is 25.6 Å². The zero-order chi connectivity index (χ0) is 21.3. The molecule has 0 saturated heterocycles. The second-order valence-electron chi connectivity index (χ2n) is 6.97. The molecule has 0 fully saturated rings. The number of benzene rings is 1. The Morgan fingerprint density at radius 1 is 1.10 bits per heavy atom. The van der Waals surface area contributed by atoms with Gasteiger partial charge in [-0.25, -0.2) is 13.8 Å². The summed E-state index contributed by atoms with van der Waals surface area (Å²) >= 11 is 0. The summed E-state index contributed by atoms with van der Waals surface area (Å²) in [7, 11) is 0. The lowest BCUT2D eigenvalue weighted by atomic mass is 10.1. The lowest BCUT2D eigenvalue weighted by molar-refractivity contribution is 0.548. The van der Waals surface area contributed by atoms with E-state index in [1.807, 2.05) is 18.4 Å². The second kappa shape index (κ2) is 7.90. The van der Waals surface area contributed by atoms with Crippen molar-refractivity contribution >= 4 is 11.5 Å². The van der Waals surface area contributed by atoms with E-state index in [-0.39, 0.29) is 29.1 Å². The lowest BCUT2D eigenvalue weighted by Gasteiger charge is -2.12. The lowest BCUT2D eigenvalue weighted by Crippen LogP contribution is -2.12. The van der Waals surface area contributed by atoms with Gasteiger partial charge in [0.05, 0.1) is 23.9 Å². The van der Waals surface area contributed by atoms with Crippen LogP contribution >= 0.6 is 0 Å². The van der Waals surface area contributed by atoms with Crippen LogP contribution in [0.25, 0.3) is 22.7 Å². The number of pyridine rings is 1. The fourth-order valence-corrected chi connectivity index (χ4v) is 3.09. The SMILES string of the molecule is CC(C)n1cnc(-c2ccc(F)cc2)c1-c1ccc(C(=N)Nc2ccncc2F)o1. The van der Waals surface area contributed by atoms with E-state index in [0.717, 1.165) is 11.8 Å². The van der Waals surface area contributed by atoms with Crippen LogP contribution in [-0.2, 0) is 0 Å². The van der Waals surface area contributed by atoms with Gasteiger partial charge in [-0.15, -0.1) is 0 Å². The molecule has 3 heterocycles. The van der Waals surface area contributed by atoms with E-state index in [4.69, 9.17) is 9.83 Å². The van der Waals surface area contributed by atoms with E-state index < -0.39 is 5.82 Å². The van der Waals surface area contributed by atoms with E-state index in [2.05, 4.69) is 15.3 Å². The molecule has 6 nitrogen and oxygen atoms in total. The van der Waals surface area contributed by atoms with Crippen molar-refractivity contribution in [1.82, 2.24) is 14.5 Å². The summed E-state index contributed by atoms with van der Waals surface area (Å²) in [6.45, 7) is 4.03. The van der Waals surface area contributed by atoms with Crippen molar-refractivity contribution in [3.8, 4) is 22.7 Å². The molecule has 0 unspecified atom stereocenters. The number of nitrogens with zero attached hydrogens (tertiary/aromatic N) is 3. The van der Waals surface area contributed by atoms with Crippen LogP contribution < -0.4 is 5.32 Å². The van der Waals surface area contributed by atoms with Crippen LogP contribution in [0.5, 0.6) is 0 Å². The van der Waals surface area contributed by atoms with Crippen molar-refractivity contribution in [2.24, 2.45) is 0 Å². The smallest absolute Gasteiger partial charge is 0.169 e. The molecule has 0 spiro atoms. The van der Waals surface area contributed by atoms with Gasteiger partial charge in [-0.05, 0) is 56.3 Å². The largest absolute Gasteiger partial charge is 0.451 e. The quantitative estimate of drug-likeness (QED) is 0.338. The molecule has 0 aliphatic rings. The van der Waals surface area contributed by atoms with Crippen molar-refractivity contribution in [2.45, 2.75) is 19.9 Å². The van der Waals surface area contributed by atoms with E-state index in [9.17, 15) is 8.78 Å². The van der Waals surface area contributed by atoms with Gasteiger partial charge in [0.25, 0.3) is 0 Å². The van der Waals surface area contributed by atoms with E-state index in [0.29, 0.717) is 17.1 Å². The first-order valence-electron chi connectivity index (χ1n) is 9.32. The number of hydrogen-bond acceptors (Lipinski definition) is 4. The van der Waals surface area contributed by atoms with Crippen LogP contribution in [0.15, 0.2) is 65.6 Å². The van der Waals surface area contributed by atoms with Gasteiger partial charge in [0.1, 0.15) is 11.5 Å². The second-order valence-corrected chi connectivity index (χ2v) is 6.97. The number of nitrogens with one attached hydrogen (secondary N) is 2. The standard InChI is InChI=1S/C22H19F2N5O/c1-13(2)29-12-27-20(14-3-5-15(23)6-4-14)21(29)18-7-8-19(30-18)22(25)28-17-9-10-26-11-16(17)24/h3-13H,1-2H3,(H2,25,26,28). The zero-order valence-corrected chi connectivity index (χ0v) is 16.4. The van der Waals surface area contributed by atoms with Crippen molar-refractivity contribution in [3.05, 3.63) is 78.6 Å². The summed E-state index contributed by atoms with van der Waals surface area (Å²) in [6.07, 6.45) is 4.21. The molecule has 30 heavy (non-hydrogen) atoms. The molecule has 3 aromatic heterocycles. The number of furan rings is 1. The highest BCUT2D eigenvalue weighted by Crippen LogP contribution is 2.34. The van der Waals surface area contributed by atoms with Crippen LogP contribution in [0.2, 0.25) is 0 Å². The number of rotatable bonds is 5. The maximum Gasteiger partial charge on any atom is 0.169 e. The van der Waals surface area contributed by atoms with Crippen LogP contribution in [-0.4, -0.2) is 20.4 Å². The third-order valence-corrected chi connectivity index (χ3v) is 4.59. The van der Waals surface area contributed by atoms with Gasteiger partial charge < -0.3 is 14.3 Å². The minimum Gasteiger partial charge on any atom is -0.451 e. The topological polar surface area (TPSA) is 79.7 Å². The van der Waals surface area contributed by atoms with Gasteiger partial charge >= 0.3 is 0 Å². The Morgan fingerprint density at radius 2 is 1.87 bits per heavy atom. The minimum absolute atomic E-state index is 0.0923. The molecule has 0 aliphatic heterocycles. The van der Waals surface area contributed by atoms with Gasteiger partial charge in [0, 0.05) is 17.8 Å². The highest BCUT2D eigenvalue weighted by Gasteiger charge is 2.21. The molecule has 4 aromatic rings. The Bertz CT molecular complexity index is 1190. The molecular weight excluding hydrogens is 388 g/mol. The fourth-order valence-electron chi connectivity index (χ4n) is 3.09. The number of aromatic nitrogens is 3. The Labute approximate surface area is 171 Å². The van der Waals surface area contributed by atoms with E-state index in [1.165, 1.54) is 24.4 Å². The first-order chi connectivity index (χ1) is 14.4. The molecule has 2 N–H and O–H groups in total. The Hall–Kier alpha value is -3.81. The summed E-state index contributed by atoms with van der Waals surface area (Å²) in [4.78, 5) is 8.19. The molecule has 0 radical (unpaired) electrons. The first-order valence-corrected chi connectivity index (χ1v) is 9.32. The number of imidazole rings is 1. The van der Waals surface area contributed by atoms with Crippen molar-refractivity contribution in [1.29, 1.82) is 5.41 Å². The van der Waals surface area contributed by atoms with Crippen LogP contribution in [0, 0.1) is 17.0 Å². The van der Waals surface area contributed by atoms with Crippen LogP contribution in [0.3, 0.4) is 0 Å². The molecule has 1 aromatic carbocycles. The number of anilines is 1. The number of amidine groups is 1. The summed E-state index contributed by atoms with van der Waals surface area (Å²) in [5.41, 5.74) is 2.23. The molecule has 0 amide bonds. The molecular formula is C22H19F2N5O. The molecule has 4 rings (SSSR count). The normalized spacial score (nSPS) is 11.1. The third-order valence-electron chi connectivity index (χ3n) is 4.59. The molecule has 0 saturated carbocycles. The average molecular weight is 407 g/mol. The Balaban J connectivity index is 1.70. The Morgan fingerprint density at radius 3 is 2.57 bits per heavy atom. The maximum atomic E-state index is 13.8. The molecule has 0 bridgehead atoms. The number of hydrogen-bond donors (Lipinski definition) is 2. The molecule has 152 valence electrons. The van der Waals surface area contributed by atoms with Crippen molar-refractivity contribution in [3.63, 3.8) is 0 Å². The molecule has 0 atom stereocenters. The molecule has 8 heteroatoms. The predicted molar refractivity (Wildman–Crippen MR) is 110 cm³/mol. The average Bonchev–Trinajstić information content (AvgIpc) is 3.37. The summed E-state index contributed by atoms with van der Waals surface area (Å²) in [6, 6.07) is 11.0. The monoisotopic (exact) mass is 407 g/mol. The van der Waals surface area contributed by atoms with Gasteiger partial charge in [0.2, 0.25) is 0 Å². The van der Waals surface area contributed by atoms with E-state index in [1.54, 1.807) is 30.6 Å². The number of halogens is 2. The summed E-state index contributed by atoms with van der Waals surface area (Å²) in [5.74, 6) is -0.248. The van der Waals surface area contributed by atoms with E-state index >= 15 is 0 Å².